The standard InChI is InChI=1S/C20H25N3O7/c1-3-12-9-17(25)30-18-11(2)15(7-6-13(12)18)29-10-16(24)23-14(19(26)27)5-4-8-22-20(21)28/h6-7,9,14H,3-5,8,10H2,1-2H3,(H,23,24)(H,26,27)(H3,21,22,28)/p-1/t14-/m0/s1. The molecule has 2 rings (SSSR count). The van der Waals surface area contributed by atoms with E-state index in [-0.39, 0.29) is 19.4 Å². The van der Waals surface area contributed by atoms with Gasteiger partial charge in [-0.15, -0.1) is 0 Å². The first-order chi connectivity index (χ1) is 14.2. The van der Waals surface area contributed by atoms with Crippen molar-refractivity contribution in [2.45, 2.75) is 39.2 Å². The fourth-order valence-corrected chi connectivity index (χ4v) is 3.00. The Hall–Kier alpha value is -3.56. The Morgan fingerprint density at radius 2 is 2.03 bits per heavy atom. The van der Waals surface area contributed by atoms with Gasteiger partial charge >= 0.3 is 11.7 Å². The minimum Gasteiger partial charge on any atom is -0.548 e. The van der Waals surface area contributed by atoms with Crippen molar-refractivity contribution in [1.29, 1.82) is 0 Å². The van der Waals surface area contributed by atoms with Crippen LogP contribution in [-0.4, -0.2) is 37.1 Å². The third-order valence-electron chi connectivity index (χ3n) is 4.53. The maximum atomic E-state index is 12.1. The number of rotatable bonds is 10. The number of carbonyl (C=O) groups is 3. The van der Waals surface area contributed by atoms with E-state index in [2.05, 4.69) is 10.6 Å². The number of nitrogens with two attached hydrogens (primary N) is 1. The van der Waals surface area contributed by atoms with Crippen LogP contribution < -0.4 is 31.8 Å². The number of aryl methyl sites for hydroxylation is 2. The molecule has 0 fully saturated rings. The van der Waals surface area contributed by atoms with Crippen molar-refractivity contribution >= 4 is 28.9 Å². The van der Waals surface area contributed by atoms with Crippen molar-refractivity contribution in [2.24, 2.45) is 5.73 Å². The summed E-state index contributed by atoms with van der Waals surface area (Å²) in [5, 5.41) is 16.6. The van der Waals surface area contributed by atoms with Crippen LogP contribution in [0.2, 0.25) is 0 Å². The number of amides is 3. The molecule has 3 amide bonds. The lowest BCUT2D eigenvalue weighted by molar-refractivity contribution is -0.308. The van der Waals surface area contributed by atoms with Crippen molar-refractivity contribution in [3.63, 3.8) is 0 Å². The van der Waals surface area contributed by atoms with Gasteiger partial charge in [-0.05, 0) is 43.9 Å². The van der Waals surface area contributed by atoms with Gasteiger partial charge in [0, 0.05) is 23.6 Å². The first-order valence-electron chi connectivity index (χ1n) is 9.45. The quantitative estimate of drug-likeness (QED) is 0.353. The van der Waals surface area contributed by atoms with Crippen molar-refractivity contribution in [1.82, 2.24) is 10.6 Å². The van der Waals surface area contributed by atoms with Gasteiger partial charge in [0.15, 0.2) is 6.61 Å². The van der Waals surface area contributed by atoms with E-state index in [1.54, 1.807) is 19.1 Å². The van der Waals surface area contributed by atoms with Crippen molar-refractivity contribution in [2.75, 3.05) is 13.2 Å². The average Bonchev–Trinajstić information content (AvgIpc) is 2.69. The summed E-state index contributed by atoms with van der Waals surface area (Å²) in [6.45, 7) is 3.36. The Labute approximate surface area is 172 Å². The molecule has 0 aliphatic heterocycles. The highest BCUT2D eigenvalue weighted by atomic mass is 16.5. The van der Waals surface area contributed by atoms with E-state index < -0.39 is 36.2 Å². The second-order valence-electron chi connectivity index (χ2n) is 6.67. The summed E-state index contributed by atoms with van der Waals surface area (Å²) in [5.41, 5.74) is 6.24. The molecule has 0 radical (unpaired) electrons. The molecular weight excluding hydrogens is 394 g/mol. The lowest BCUT2D eigenvalue weighted by Crippen LogP contribution is -2.49. The van der Waals surface area contributed by atoms with Gasteiger partial charge in [-0.25, -0.2) is 9.59 Å². The second kappa shape index (κ2) is 10.3. The highest BCUT2D eigenvalue weighted by molar-refractivity contribution is 5.86. The molecule has 30 heavy (non-hydrogen) atoms. The van der Waals surface area contributed by atoms with Crippen LogP contribution in [0, 0.1) is 6.92 Å². The van der Waals surface area contributed by atoms with Gasteiger partial charge in [0.25, 0.3) is 5.91 Å². The fourth-order valence-electron chi connectivity index (χ4n) is 3.00. The Kier molecular flexibility index (Phi) is 7.79. The Bertz CT molecular complexity index is 1000. The van der Waals surface area contributed by atoms with Crippen LogP contribution in [0.4, 0.5) is 4.79 Å². The first-order valence-corrected chi connectivity index (χ1v) is 9.45. The molecule has 1 heterocycles. The molecule has 0 saturated carbocycles. The van der Waals surface area contributed by atoms with Crippen molar-refractivity contribution in [3.8, 4) is 5.75 Å². The van der Waals surface area contributed by atoms with E-state index >= 15 is 0 Å². The number of aliphatic carboxylic acids is 1. The zero-order valence-corrected chi connectivity index (χ0v) is 16.8. The summed E-state index contributed by atoms with van der Waals surface area (Å²) in [5.74, 6) is -1.77. The minimum absolute atomic E-state index is 0.0499. The van der Waals surface area contributed by atoms with Crippen LogP contribution in [-0.2, 0) is 16.0 Å². The van der Waals surface area contributed by atoms with E-state index in [0.29, 0.717) is 23.3 Å². The normalized spacial score (nSPS) is 11.7. The summed E-state index contributed by atoms with van der Waals surface area (Å²) in [7, 11) is 0. The van der Waals surface area contributed by atoms with E-state index in [1.165, 1.54) is 6.07 Å². The zero-order chi connectivity index (χ0) is 22.3. The average molecular weight is 418 g/mol. The molecular formula is C20H24N3O7-. The van der Waals surface area contributed by atoms with Gasteiger partial charge in [0.05, 0.1) is 12.0 Å². The second-order valence-corrected chi connectivity index (χ2v) is 6.67. The molecule has 1 aromatic heterocycles. The molecule has 0 unspecified atom stereocenters. The smallest absolute Gasteiger partial charge is 0.336 e. The largest absolute Gasteiger partial charge is 0.548 e. The highest BCUT2D eigenvalue weighted by Crippen LogP contribution is 2.28. The van der Waals surface area contributed by atoms with Gasteiger partial charge in [-0.1, -0.05) is 6.92 Å². The van der Waals surface area contributed by atoms with E-state index in [9.17, 15) is 24.3 Å². The molecule has 1 aromatic carbocycles. The third-order valence-corrected chi connectivity index (χ3v) is 4.53. The van der Waals surface area contributed by atoms with E-state index in [0.717, 1.165) is 10.9 Å². The number of hydrogen-bond acceptors (Lipinski definition) is 7. The van der Waals surface area contributed by atoms with Gasteiger partial charge < -0.3 is 35.4 Å². The zero-order valence-electron chi connectivity index (χ0n) is 16.8. The highest BCUT2D eigenvalue weighted by Gasteiger charge is 2.16. The Balaban J connectivity index is 2.01. The Morgan fingerprint density at radius 3 is 2.67 bits per heavy atom. The molecule has 0 aliphatic rings. The van der Waals surface area contributed by atoms with Crippen LogP contribution >= 0.6 is 0 Å². The number of carboxylic acids is 1. The molecule has 1 atom stereocenters. The number of ether oxygens (including phenoxy) is 1. The van der Waals surface area contributed by atoms with Gasteiger partial charge in [0.1, 0.15) is 11.3 Å². The number of carbonyl (C=O) groups excluding carboxylic acids is 3. The number of carboxylic acid groups (broad SMARTS) is 1. The number of nitrogens with one attached hydrogen (secondary N) is 2. The molecule has 162 valence electrons. The van der Waals surface area contributed by atoms with Crippen LogP contribution in [0.25, 0.3) is 11.0 Å². The van der Waals surface area contributed by atoms with Crippen LogP contribution in [0.1, 0.15) is 30.9 Å². The van der Waals surface area contributed by atoms with Crippen LogP contribution in [0.15, 0.2) is 27.4 Å². The predicted octanol–water partition coefficient (Wildman–Crippen LogP) is -0.274. The van der Waals surface area contributed by atoms with Gasteiger partial charge in [-0.2, -0.15) is 0 Å². The SMILES string of the molecule is CCc1cc(=O)oc2c(C)c(OCC(=O)N[C@@H](CCCNC(N)=O)C(=O)[O-])ccc12. The van der Waals surface area contributed by atoms with Gasteiger partial charge in [-0.3, -0.25) is 4.79 Å². The molecule has 10 nitrogen and oxygen atoms in total. The molecule has 0 bridgehead atoms. The van der Waals surface area contributed by atoms with Crippen LogP contribution in [0.3, 0.4) is 0 Å². The van der Waals surface area contributed by atoms with E-state index in [4.69, 9.17) is 14.9 Å². The molecule has 4 N–H and O–H groups in total. The monoisotopic (exact) mass is 418 g/mol. The maximum Gasteiger partial charge on any atom is 0.336 e. The molecule has 10 heteroatoms. The van der Waals surface area contributed by atoms with Crippen molar-refractivity contribution < 1.29 is 28.6 Å². The summed E-state index contributed by atoms with van der Waals surface area (Å²) < 4.78 is 10.8. The number of benzene rings is 1. The number of fused-ring (bicyclic) bond motifs is 1. The van der Waals surface area contributed by atoms with Crippen LogP contribution in [0.5, 0.6) is 5.75 Å². The number of primary amides is 1. The Morgan fingerprint density at radius 1 is 1.30 bits per heavy atom. The third kappa shape index (κ3) is 5.97. The lowest BCUT2D eigenvalue weighted by Gasteiger charge is -2.20. The summed E-state index contributed by atoms with van der Waals surface area (Å²) in [4.78, 5) is 45.7. The summed E-state index contributed by atoms with van der Waals surface area (Å²) in [6, 6.07) is 2.89. The minimum atomic E-state index is -1.45. The molecule has 0 saturated heterocycles. The topological polar surface area (TPSA) is 164 Å². The van der Waals surface area contributed by atoms with E-state index in [1.807, 2.05) is 6.92 Å². The molecule has 2 aromatic rings. The lowest BCUT2D eigenvalue weighted by atomic mass is 10.0. The molecule has 0 spiro atoms. The van der Waals surface area contributed by atoms with Gasteiger partial charge in [0.2, 0.25) is 0 Å². The fraction of sp³-hybridized carbons (Fsp3) is 0.400. The maximum absolute atomic E-state index is 12.1. The number of hydrogen-bond donors (Lipinski definition) is 3. The number of urea groups is 1. The van der Waals surface area contributed by atoms with Crippen molar-refractivity contribution in [3.05, 3.63) is 39.7 Å². The first kappa shape index (κ1) is 22.7. The summed E-state index contributed by atoms with van der Waals surface area (Å²) >= 11 is 0. The molecule has 0 aliphatic carbocycles. The predicted molar refractivity (Wildman–Crippen MR) is 106 cm³/mol. The summed E-state index contributed by atoms with van der Waals surface area (Å²) in [6.07, 6.45) is 0.989.